The molecule has 1 fully saturated rings. The molecule has 4 aromatic rings. The predicted octanol–water partition coefficient (Wildman–Crippen LogP) is 4.98. The van der Waals surface area contributed by atoms with Crippen molar-refractivity contribution < 1.29 is 13.2 Å². The SMILES string of the molecule is O=S(=O)(c1cccc2cnccc12)N1CCN(Cc2ccccc2)C(COCc2ccc(Cl)cc2)C1. The van der Waals surface area contributed by atoms with Crippen molar-refractivity contribution >= 4 is 32.4 Å². The highest BCUT2D eigenvalue weighted by Gasteiger charge is 2.35. The van der Waals surface area contributed by atoms with Crippen molar-refractivity contribution in [2.75, 3.05) is 26.2 Å². The molecule has 0 saturated carbocycles. The van der Waals surface area contributed by atoms with Crippen LogP contribution in [0.1, 0.15) is 11.1 Å². The molecule has 1 unspecified atom stereocenters. The van der Waals surface area contributed by atoms with E-state index in [4.69, 9.17) is 16.3 Å². The van der Waals surface area contributed by atoms with Crippen molar-refractivity contribution in [3.8, 4) is 0 Å². The lowest BCUT2D eigenvalue weighted by molar-refractivity contribution is 0.0190. The summed E-state index contributed by atoms with van der Waals surface area (Å²) in [4.78, 5) is 6.77. The second-order valence-corrected chi connectivity index (χ2v) is 11.3. The highest BCUT2D eigenvalue weighted by atomic mass is 35.5. The second kappa shape index (κ2) is 11.1. The Morgan fingerprint density at radius 3 is 2.53 bits per heavy atom. The molecule has 0 aliphatic carbocycles. The molecule has 1 aromatic heterocycles. The standard InChI is InChI=1S/C28H28ClN3O3S/c29-25-11-9-23(10-12-25)20-35-21-26-19-32(16-15-31(26)18-22-5-2-1-3-6-22)36(33,34)28-8-4-7-24-17-30-14-13-27(24)28/h1-14,17,26H,15-16,18-21H2. The first-order valence-corrected chi connectivity index (χ1v) is 13.8. The van der Waals surface area contributed by atoms with E-state index in [0.717, 1.165) is 17.5 Å². The molecule has 3 aromatic carbocycles. The second-order valence-electron chi connectivity index (χ2n) is 8.97. The van der Waals surface area contributed by atoms with E-state index < -0.39 is 10.0 Å². The number of benzene rings is 3. The number of fused-ring (bicyclic) bond motifs is 1. The molecule has 1 atom stereocenters. The number of ether oxygens (including phenoxy) is 1. The summed E-state index contributed by atoms with van der Waals surface area (Å²) >= 11 is 6.00. The van der Waals surface area contributed by atoms with E-state index in [-0.39, 0.29) is 6.04 Å². The van der Waals surface area contributed by atoms with Gasteiger partial charge in [-0.1, -0.05) is 66.2 Å². The lowest BCUT2D eigenvalue weighted by Gasteiger charge is -2.40. The van der Waals surface area contributed by atoms with Gasteiger partial charge in [0, 0.05) is 60.4 Å². The molecule has 186 valence electrons. The summed E-state index contributed by atoms with van der Waals surface area (Å²) in [6.07, 6.45) is 3.33. The topological polar surface area (TPSA) is 62.7 Å². The third-order valence-electron chi connectivity index (χ3n) is 6.55. The Hall–Kier alpha value is -2.81. The van der Waals surface area contributed by atoms with Crippen LogP contribution in [0.15, 0.2) is 96.2 Å². The summed E-state index contributed by atoms with van der Waals surface area (Å²) in [5.74, 6) is 0. The summed E-state index contributed by atoms with van der Waals surface area (Å²) < 4.78 is 35.2. The Morgan fingerprint density at radius 1 is 0.917 bits per heavy atom. The number of hydrogen-bond donors (Lipinski definition) is 0. The molecule has 0 amide bonds. The van der Waals surface area contributed by atoms with Gasteiger partial charge in [0.2, 0.25) is 10.0 Å². The maximum absolute atomic E-state index is 13.8. The Labute approximate surface area is 217 Å². The van der Waals surface area contributed by atoms with Crippen LogP contribution in [0.4, 0.5) is 0 Å². The van der Waals surface area contributed by atoms with Gasteiger partial charge in [0.25, 0.3) is 0 Å². The van der Waals surface area contributed by atoms with Gasteiger partial charge in [-0.05, 0) is 35.4 Å². The van der Waals surface area contributed by atoms with E-state index in [1.54, 1.807) is 34.9 Å². The van der Waals surface area contributed by atoms with Crippen LogP contribution in [0.5, 0.6) is 0 Å². The van der Waals surface area contributed by atoms with Gasteiger partial charge in [-0.2, -0.15) is 4.31 Å². The minimum Gasteiger partial charge on any atom is -0.375 e. The molecule has 0 radical (unpaired) electrons. The van der Waals surface area contributed by atoms with Crippen molar-refractivity contribution in [3.63, 3.8) is 0 Å². The first kappa shape index (κ1) is 24.9. The first-order chi connectivity index (χ1) is 17.5. The highest BCUT2D eigenvalue weighted by molar-refractivity contribution is 7.89. The molecule has 0 spiro atoms. The average molecular weight is 522 g/mol. The lowest BCUT2D eigenvalue weighted by Crippen LogP contribution is -2.55. The zero-order chi connectivity index (χ0) is 25.0. The molecule has 5 rings (SSSR count). The Bertz CT molecular complexity index is 1410. The van der Waals surface area contributed by atoms with E-state index in [1.165, 1.54) is 5.56 Å². The minimum absolute atomic E-state index is 0.0855. The maximum Gasteiger partial charge on any atom is 0.243 e. The molecule has 1 aliphatic heterocycles. The first-order valence-electron chi connectivity index (χ1n) is 11.9. The number of hydrogen-bond acceptors (Lipinski definition) is 5. The summed E-state index contributed by atoms with van der Waals surface area (Å²) in [5.41, 5.74) is 2.22. The van der Waals surface area contributed by atoms with Crippen molar-refractivity contribution in [1.82, 2.24) is 14.2 Å². The molecule has 2 heterocycles. The van der Waals surface area contributed by atoms with Gasteiger partial charge in [0.1, 0.15) is 0 Å². The molecule has 0 N–H and O–H groups in total. The third kappa shape index (κ3) is 5.61. The molecule has 6 nitrogen and oxygen atoms in total. The molecule has 1 saturated heterocycles. The van der Waals surface area contributed by atoms with Gasteiger partial charge in [0.15, 0.2) is 0 Å². The van der Waals surface area contributed by atoms with Crippen LogP contribution in [-0.4, -0.2) is 54.9 Å². The fourth-order valence-electron chi connectivity index (χ4n) is 4.62. The Kier molecular flexibility index (Phi) is 7.65. The number of sulfonamides is 1. The van der Waals surface area contributed by atoms with E-state index in [0.29, 0.717) is 48.2 Å². The summed E-state index contributed by atoms with van der Waals surface area (Å²) in [6, 6.07) is 24.8. The zero-order valence-electron chi connectivity index (χ0n) is 19.8. The monoisotopic (exact) mass is 521 g/mol. The Morgan fingerprint density at radius 2 is 1.72 bits per heavy atom. The molecular formula is C28H28ClN3O3S. The Balaban J connectivity index is 1.36. The molecule has 0 bridgehead atoms. The van der Waals surface area contributed by atoms with Crippen LogP contribution < -0.4 is 0 Å². The smallest absolute Gasteiger partial charge is 0.243 e. The minimum atomic E-state index is -3.69. The normalized spacial score (nSPS) is 17.4. The van der Waals surface area contributed by atoms with Crippen molar-refractivity contribution in [3.05, 3.63) is 107 Å². The predicted molar refractivity (Wildman–Crippen MR) is 142 cm³/mol. The van der Waals surface area contributed by atoms with E-state index in [1.807, 2.05) is 48.5 Å². The number of pyridine rings is 1. The highest BCUT2D eigenvalue weighted by Crippen LogP contribution is 2.27. The number of halogens is 1. The van der Waals surface area contributed by atoms with Crippen molar-refractivity contribution in [2.24, 2.45) is 0 Å². The summed E-state index contributed by atoms with van der Waals surface area (Å²) in [7, 11) is -3.69. The van der Waals surface area contributed by atoms with E-state index >= 15 is 0 Å². The number of rotatable bonds is 8. The van der Waals surface area contributed by atoms with Crippen LogP contribution >= 0.6 is 11.6 Å². The molecule has 1 aliphatic rings. The van der Waals surface area contributed by atoms with Gasteiger partial charge < -0.3 is 4.74 Å². The van der Waals surface area contributed by atoms with Gasteiger partial charge in [0.05, 0.1) is 18.1 Å². The zero-order valence-corrected chi connectivity index (χ0v) is 21.4. The number of aromatic nitrogens is 1. The van der Waals surface area contributed by atoms with Gasteiger partial charge in [-0.3, -0.25) is 9.88 Å². The molecule has 8 heteroatoms. The van der Waals surface area contributed by atoms with Crippen LogP contribution in [0, 0.1) is 0 Å². The maximum atomic E-state index is 13.8. The van der Waals surface area contributed by atoms with E-state index in [2.05, 4.69) is 22.0 Å². The van der Waals surface area contributed by atoms with Gasteiger partial charge in [-0.25, -0.2) is 8.42 Å². The molecule has 36 heavy (non-hydrogen) atoms. The quantitative estimate of drug-likeness (QED) is 0.327. The number of piperazine rings is 1. The lowest BCUT2D eigenvalue weighted by atomic mass is 10.1. The van der Waals surface area contributed by atoms with Crippen molar-refractivity contribution in [1.29, 1.82) is 0 Å². The largest absolute Gasteiger partial charge is 0.375 e. The van der Waals surface area contributed by atoms with Crippen molar-refractivity contribution in [2.45, 2.75) is 24.1 Å². The van der Waals surface area contributed by atoms with Crippen LogP contribution in [0.3, 0.4) is 0 Å². The average Bonchev–Trinajstić information content (AvgIpc) is 2.91. The van der Waals surface area contributed by atoms with E-state index in [9.17, 15) is 8.42 Å². The van der Waals surface area contributed by atoms with Crippen LogP contribution in [-0.2, 0) is 27.9 Å². The fourth-order valence-corrected chi connectivity index (χ4v) is 6.43. The summed E-state index contributed by atoms with van der Waals surface area (Å²) in [5, 5.41) is 2.18. The van der Waals surface area contributed by atoms with Crippen LogP contribution in [0.25, 0.3) is 10.8 Å². The van der Waals surface area contributed by atoms with Gasteiger partial charge in [-0.15, -0.1) is 0 Å². The number of nitrogens with zero attached hydrogens (tertiary/aromatic N) is 3. The van der Waals surface area contributed by atoms with Crippen LogP contribution in [0.2, 0.25) is 5.02 Å². The van der Waals surface area contributed by atoms with Gasteiger partial charge >= 0.3 is 0 Å². The summed E-state index contributed by atoms with van der Waals surface area (Å²) in [6.45, 7) is 3.00. The third-order valence-corrected chi connectivity index (χ3v) is 8.72. The fraction of sp³-hybridized carbons (Fsp3) is 0.250. The molecular weight excluding hydrogens is 494 g/mol.